The predicted octanol–water partition coefficient (Wildman–Crippen LogP) is 2.49. The van der Waals surface area contributed by atoms with Crippen LogP contribution in [0.4, 0.5) is 5.69 Å². The summed E-state index contributed by atoms with van der Waals surface area (Å²) in [6.07, 6.45) is 1.43. The summed E-state index contributed by atoms with van der Waals surface area (Å²) in [6, 6.07) is 7.49. The van der Waals surface area contributed by atoms with E-state index >= 15 is 0 Å². The van der Waals surface area contributed by atoms with Crippen LogP contribution in [0.1, 0.15) is 19.4 Å². The zero-order valence-electron chi connectivity index (χ0n) is 10.7. The lowest BCUT2D eigenvalue weighted by atomic mass is 9.99. The number of hydrogen-bond acceptors (Lipinski definition) is 4. The molecule has 0 atom stereocenters. The van der Waals surface area contributed by atoms with E-state index in [0.29, 0.717) is 6.61 Å². The number of hydrazine groups is 1. The van der Waals surface area contributed by atoms with Crippen molar-refractivity contribution in [2.45, 2.75) is 13.8 Å². The third-order valence-electron chi connectivity index (χ3n) is 2.50. The maximum absolute atomic E-state index is 11.4. The summed E-state index contributed by atoms with van der Waals surface area (Å²) >= 11 is 0. The number of carbonyl (C=O) groups is 1. The van der Waals surface area contributed by atoms with Gasteiger partial charge in [-0.05, 0) is 31.1 Å². The van der Waals surface area contributed by atoms with Gasteiger partial charge in [-0.25, -0.2) is 4.79 Å². The number of para-hydroxylation sites is 1. The first-order valence-electron chi connectivity index (χ1n) is 5.70. The molecule has 0 amide bonds. The van der Waals surface area contributed by atoms with Gasteiger partial charge in [-0.1, -0.05) is 24.8 Å². The largest absolute Gasteiger partial charge is 0.463 e. The normalized spacial score (nSPS) is 10.9. The average Bonchev–Trinajstić information content (AvgIpc) is 2.38. The van der Waals surface area contributed by atoms with Gasteiger partial charge in [-0.2, -0.15) is 0 Å². The fourth-order valence-electron chi connectivity index (χ4n) is 1.53. The van der Waals surface area contributed by atoms with Crippen molar-refractivity contribution in [1.82, 2.24) is 0 Å². The van der Waals surface area contributed by atoms with Gasteiger partial charge < -0.3 is 10.2 Å². The molecular weight excluding hydrogens is 228 g/mol. The van der Waals surface area contributed by atoms with Gasteiger partial charge in [0.15, 0.2) is 0 Å². The maximum atomic E-state index is 11.4. The molecule has 18 heavy (non-hydrogen) atoms. The smallest absolute Gasteiger partial charge is 0.331 e. The van der Waals surface area contributed by atoms with Crippen molar-refractivity contribution in [2.24, 2.45) is 5.84 Å². The molecule has 0 saturated carbocycles. The van der Waals surface area contributed by atoms with Gasteiger partial charge in [-0.15, -0.1) is 0 Å². The molecule has 96 valence electrons. The summed E-state index contributed by atoms with van der Waals surface area (Å²) < 4.78 is 4.86. The molecule has 3 N–H and O–H groups in total. The molecule has 0 aliphatic heterocycles. The Labute approximate surface area is 107 Å². The van der Waals surface area contributed by atoms with Gasteiger partial charge in [0, 0.05) is 11.6 Å². The molecule has 0 unspecified atom stereocenters. The Hall–Kier alpha value is -2.07. The van der Waals surface area contributed by atoms with E-state index in [0.717, 1.165) is 22.4 Å². The van der Waals surface area contributed by atoms with Crippen molar-refractivity contribution in [1.29, 1.82) is 0 Å². The van der Waals surface area contributed by atoms with Crippen molar-refractivity contribution >= 4 is 17.2 Å². The lowest BCUT2D eigenvalue weighted by Crippen LogP contribution is -2.09. The van der Waals surface area contributed by atoms with Crippen molar-refractivity contribution in [2.75, 3.05) is 12.0 Å². The molecule has 4 nitrogen and oxygen atoms in total. The SMILES string of the molecule is C=C(/C(C)=C/C(=O)OCC)c1ccccc1NN. The van der Waals surface area contributed by atoms with E-state index < -0.39 is 0 Å². The summed E-state index contributed by atoms with van der Waals surface area (Å²) in [5, 5.41) is 0. The number of allylic oxidation sites excluding steroid dienone is 2. The Morgan fingerprint density at radius 3 is 2.78 bits per heavy atom. The minimum absolute atomic E-state index is 0.357. The molecule has 0 aliphatic carbocycles. The average molecular weight is 246 g/mol. The van der Waals surface area contributed by atoms with Gasteiger partial charge in [0.25, 0.3) is 0 Å². The van der Waals surface area contributed by atoms with E-state index in [1.807, 2.05) is 31.2 Å². The lowest BCUT2D eigenvalue weighted by Gasteiger charge is -2.11. The fourth-order valence-corrected chi connectivity index (χ4v) is 1.53. The van der Waals surface area contributed by atoms with E-state index in [2.05, 4.69) is 12.0 Å². The molecule has 0 saturated heterocycles. The van der Waals surface area contributed by atoms with Crippen LogP contribution < -0.4 is 11.3 Å². The van der Waals surface area contributed by atoms with Gasteiger partial charge in [0.2, 0.25) is 0 Å². The second kappa shape index (κ2) is 6.61. The quantitative estimate of drug-likeness (QED) is 0.275. The Kier molecular flexibility index (Phi) is 5.14. The second-order valence-electron chi connectivity index (χ2n) is 3.75. The molecule has 1 aromatic rings. The summed E-state index contributed by atoms with van der Waals surface area (Å²) in [4.78, 5) is 11.4. The summed E-state index contributed by atoms with van der Waals surface area (Å²) in [5.41, 5.74) is 5.71. The molecular formula is C14H18N2O2. The summed E-state index contributed by atoms with van der Waals surface area (Å²) in [6.45, 7) is 7.91. The summed E-state index contributed by atoms with van der Waals surface area (Å²) in [5.74, 6) is 5.07. The highest BCUT2D eigenvalue weighted by molar-refractivity contribution is 5.91. The number of rotatable bonds is 5. The minimum Gasteiger partial charge on any atom is -0.463 e. The van der Waals surface area contributed by atoms with Crippen LogP contribution in [0.2, 0.25) is 0 Å². The zero-order chi connectivity index (χ0) is 13.5. The number of esters is 1. The van der Waals surface area contributed by atoms with Crippen LogP contribution in [0.25, 0.3) is 5.57 Å². The highest BCUT2D eigenvalue weighted by Crippen LogP contribution is 2.27. The first-order chi connectivity index (χ1) is 8.60. The van der Waals surface area contributed by atoms with Crippen molar-refractivity contribution in [3.8, 4) is 0 Å². The molecule has 0 fully saturated rings. The first kappa shape index (κ1) is 14.0. The number of nitrogens with one attached hydrogen (secondary N) is 1. The van der Waals surface area contributed by atoms with E-state index in [1.54, 1.807) is 6.92 Å². The molecule has 0 bridgehead atoms. The summed E-state index contributed by atoms with van der Waals surface area (Å²) in [7, 11) is 0. The molecule has 0 spiro atoms. The highest BCUT2D eigenvalue weighted by atomic mass is 16.5. The number of nitrogen functional groups attached to an aromatic ring is 1. The number of hydrogen-bond donors (Lipinski definition) is 2. The molecule has 0 radical (unpaired) electrons. The van der Waals surface area contributed by atoms with Crippen LogP contribution in [-0.4, -0.2) is 12.6 Å². The molecule has 0 aromatic heterocycles. The van der Waals surface area contributed by atoms with Crippen LogP contribution in [0.3, 0.4) is 0 Å². The highest BCUT2D eigenvalue weighted by Gasteiger charge is 2.08. The molecule has 1 aromatic carbocycles. The molecule has 4 heteroatoms. The zero-order valence-corrected chi connectivity index (χ0v) is 10.7. The Morgan fingerprint density at radius 1 is 1.50 bits per heavy atom. The topological polar surface area (TPSA) is 64.3 Å². The van der Waals surface area contributed by atoms with Crippen LogP contribution in [-0.2, 0) is 9.53 Å². The lowest BCUT2D eigenvalue weighted by molar-refractivity contribution is -0.137. The van der Waals surface area contributed by atoms with Gasteiger partial charge in [0.1, 0.15) is 0 Å². The Bertz CT molecular complexity index is 478. The van der Waals surface area contributed by atoms with E-state index in [1.165, 1.54) is 6.08 Å². The van der Waals surface area contributed by atoms with E-state index in [4.69, 9.17) is 10.6 Å². The molecule has 1 rings (SSSR count). The predicted molar refractivity (Wildman–Crippen MR) is 73.7 cm³/mol. The molecule has 0 heterocycles. The second-order valence-corrected chi connectivity index (χ2v) is 3.75. The number of ether oxygens (including phenoxy) is 1. The van der Waals surface area contributed by atoms with Gasteiger partial charge in [-0.3, -0.25) is 5.84 Å². The maximum Gasteiger partial charge on any atom is 0.331 e. The minimum atomic E-state index is -0.366. The standard InChI is InChI=1S/C14H18N2O2/c1-4-18-14(17)9-10(2)11(3)12-7-5-6-8-13(12)16-15/h5-9,16H,3-4,15H2,1-2H3/b10-9+. The van der Waals surface area contributed by atoms with Crippen molar-refractivity contribution in [3.05, 3.63) is 48.1 Å². The number of nitrogens with two attached hydrogens (primary N) is 1. The Morgan fingerprint density at radius 2 is 2.17 bits per heavy atom. The first-order valence-corrected chi connectivity index (χ1v) is 5.70. The number of carbonyl (C=O) groups excluding carboxylic acids is 1. The van der Waals surface area contributed by atoms with Gasteiger partial charge >= 0.3 is 5.97 Å². The van der Waals surface area contributed by atoms with Crippen LogP contribution in [0.5, 0.6) is 0 Å². The monoisotopic (exact) mass is 246 g/mol. The Balaban J connectivity index is 2.96. The van der Waals surface area contributed by atoms with E-state index in [9.17, 15) is 4.79 Å². The molecule has 0 aliphatic rings. The third-order valence-corrected chi connectivity index (χ3v) is 2.50. The third kappa shape index (κ3) is 3.46. The van der Waals surface area contributed by atoms with Crippen LogP contribution >= 0.6 is 0 Å². The number of benzene rings is 1. The van der Waals surface area contributed by atoms with Crippen LogP contribution in [0, 0.1) is 0 Å². The fraction of sp³-hybridized carbons (Fsp3) is 0.214. The van der Waals surface area contributed by atoms with E-state index in [-0.39, 0.29) is 5.97 Å². The number of anilines is 1. The van der Waals surface area contributed by atoms with Crippen molar-refractivity contribution in [3.63, 3.8) is 0 Å². The van der Waals surface area contributed by atoms with Crippen LogP contribution in [0.15, 0.2) is 42.5 Å². The van der Waals surface area contributed by atoms with Crippen molar-refractivity contribution < 1.29 is 9.53 Å². The van der Waals surface area contributed by atoms with Gasteiger partial charge in [0.05, 0.1) is 12.3 Å².